The van der Waals surface area contributed by atoms with E-state index in [1.54, 1.807) is 0 Å². The second-order valence-corrected chi connectivity index (χ2v) is 12.6. The van der Waals surface area contributed by atoms with Crippen molar-refractivity contribution in [3.05, 3.63) is 182 Å². The molecule has 10 aromatic rings. The van der Waals surface area contributed by atoms with Crippen molar-refractivity contribution < 1.29 is 0 Å². The monoisotopic (exact) mass is 638 g/mol. The Balaban J connectivity index is 1.32. The van der Waals surface area contributed by atoms with E-state index in [-0.39, 0.29) is 0 Å². The molecule has 4 nitrogen and oxygen atoms in total. The normalized spacial score (nSPS) is 11.6. The highest BCUT2D eigenvalue weighted by molar-refractivity contribution is 6.26. The van der Waals surface area contributed by atoms with Crippen molar-refractivity contribution >= 4 is 43.6 Å². The van der Waals surface area contributed by atoms with Gasteiger partial charge >= 0.3 is 0 Å². The summed E-state index contributed by atoms with van der Waals surface area (Å²) in [6.07, 6.45) is 0. The Bertz CT molecular complexity index is 2850. The fourth-order valence-corrected chi connectivity index (χ4v) is 7.50. The van der Waals surface area contributed by atoms with Gasteiger partial charge in [0.1, 0.15) is 5.82 Å². The molecule has 0 fully saturated rings. The van der Waals surface area contributed by atoms with Gasteiger partial charge in [-0.25, -0.2) is 9.97 Å². The average molecular weight is 639 g/mol. The molecule has 0 aliphatic heterocycles. The zero-order chi connectivity index (χ0) is 33.0. The first-order chi connectivity index (χ1) is 24.8. The topological polar surface area (TPSA) is 35.6 Å². The minimum Gasteiger partial charge on any atom is -0.309 e. The van der Waals surface area contributed by atoms with Gasteiger partial charge in [0.2, 0.25) is 0 Å². The number of benzene rings is 7. The van der Waals surface area contributed by atoms with E-state index in [0.29, 0.717) is 5.82 Å². The van der Waals surface area contributed by atoms with Gasteiger partial charge in [-0.05, 0) is 47.5 Å². The standard InChI is InChI=1S/C46H30N4/c1-4-15-31(16-5-1)33-19-14-20-34(29-33)39-30-43(48-46(47-39)32-17-6-2-7-18-32)50-40-25-12-10-23-36(40)37-27-28-42-44(45(37)50)38-24-11-13-26-41(38)49(42)35-21-8-3-9-22-35/h1-30H. The molecule has 0 aliphatic rings. The first-order valence-electron chi connectivity index (χ1n) is 16.9. The van der Waals surface area contributed by atoms with Gasteiger partial charge in [-0.2, -0.15) is 0 Å². The molecule has 0 spiro atoms. The molecule has 0 amide bonds. The molecule has 0 saturated heterocycles. The van der Waals surface area contributed by atoms with Crippen molar-refractivity contribution in [1.29, 1.82) is 0 Å². The van der Waals surface area contributed by atoms with Crippen LogP contribution in [0.25, 0.3) is 88.9 Å². The molecule has 0 bridgehead atoms. The lowest BCUT2D eigenvalue weighted by molar-refractivity contribution is 1.05. The van der Waals surface area contributed by atoms with Crippen LogP contribution >= 0.6 is 0 Å². The lowest BCUT2D eigenvalue weighted by Crippen LogP contribution is -2.03. The summed E-state index contributed by atoms with van der Waals surface area (Å²) in [5.41, 5.74) is 10.9. The van der Waals surface area contributed by atoms with E-state index in [1.807, 2.05) is 18.2 Å². The smallest absolute Gasteiger partial charge is 0.162 e. The molecule has 0 atom stereocenters. The highest BCUT2D eigenvalue weighted by Crippen LogP contribution is 2.42. The summed E-state index contributed by atoms with van der Waals surface area (Å²) >= 11 is 0. The summed E-state index contributed by atoms with van der Waals surface area (Å²) in [7, 11) is 0. The van der Waals surface area contributed by atoms with Gasteiger partial charge in [-0.15, -0.1) is 0 Å². The number of rotatable bonds is 5. The zero-order valence-electron chi connectivity index (χ0n) is 27.1. The summed E-state index contributed by atoms with van der Waals surface area (Å²) in [5.74, 6) is 1.52. The van der Waals surface area contributed by atoms with Gasteiger partial charge in [0.15, 0.2) is 5.82 Å². The van der Waals surface area contributed by atoms with Crippen molar-refractivity contribution in [2.24, 2.45) is 0 Å². The highest BCUT2D eigenvalue weighted by atomic mass is 15.1. The van der Waals surface area contributed by atoms with Gasteiger partial charge < -0.3 is 4.57 Å². The van der Waals surface area contributed by atoms with Crippen LogP contribution in [0.15, 0.2) is 182 Å². The van der Waals surface area contributed by atoms with Crippen LogP contribution in [0.5, 0.6) is 0 Å². The Morgan fingerprint density at radius 3 is 1.72 bits per heavy atom. The minimum atomic E-state index is 0.688. The average Bonchev–Trinajstić information content (AvgIpc) is 3.72. The second-order valence-electron chi connectivity index (χ2n) is 12.6. The van der Waals surface area contributed by atoms with Crippen LogP contribution in [0.4, 0.5) is 0 Å². The van der Waals surface area contributed by atoms with Crippen LogP contribution in [-0.2, 0) is 0 Å². The molecule has 4 heteroatoms. The molecular formula is C46H30N4. The molecule has 7 aromatic carbocycles. The van der Waals surface area contributed by atoms with Crippen LogP contribution in [0.3, 0.4) is 0 Å². The summed E-state index contributed by atoms with van der Waals surface area (Å²) in [6, 6.07) is 64.2. The van der Waals surface area contributed by atoms with Gasteiger partial charge in [-0.1, -0.05) is 140 Å². The first kappa shape index (κ1) is 28.3. The molecule has 3 aromatic heterocycles. The minimum absolute atomic E-state index is 0.688. The lowest BCUT2D eigenvalue weighted by Gasteiger charge is -2.13. The third-order valence-electron chi connectivity index (χ3n) is 9.72. The van der Waals surface area contributed by atoms with Crippen LogP contribution in [0.1, 0.15) is 0 Å². The van der Waals surface area contributed by atoms with Crippen molar-refractivity contribution in [1.82, 2.24) is 19.1 Å². The van der Waals surface area contributed by atoms with E-state index in [1.165, 1.54) is 32.6 Å². The number of hydrogen-bond acceptors (Lipinski definition) is 2. The number of para-hydroxylation sites is 3. The molecule has 0 N–H and O–H groups in total. The number of hydrogen-bond donors (Lipinski definition) is 0. The Morgan fingerprint density at radius 2 is 0.960 bits per heavy atom. The zero-order valence-corrected chi connectivity index (χ0v) is 27.1. The van der Waals surface area contributed by atoms with Crippen LogP contribution in [0.2, 0.25) is 0 Å². The van der Waals surface area contributed by atoms with Crippen LogP contribution < -0.4 is 0 Å². The maximum Gasteiger partial charge on any atom is 0.162 e. The summed E-state index contributed by atoms with van der Waals surface area (Å²) in [4.78, 5) is 10.6. The lowest BCUT2D eigenvalue weighted by atomic mass is 10.0. The maximum atomic E-state index is 5.35. The first-order valence-corrected chi connectivity index (χ1v) is 16.9. The van der Waals surface area contributed by atoms with Gasteiger partial charge in [0.25, 0.3) is 0 Å². The second kappa shape index (κ2) is 11.4. The maximum absolute atomic E-state index is 5.35. The van der Waals surface area contributed by atoms with E-state index in [2.05, 4.69) is 173 Å². The molecule has 234 valence electrons. The third kappa shape index (κ3) is 4.46. The van der Waals surface area contributed by atoms with Crippen molar-refractivity contribution in [2.75, 3.05) is 0 Å². The fraction of sp³-hybridized carbons (Fsp3) is 0. The van der Waals surface area contributed by atoms with Crippen LogP contribution in [0, 0.1) is 0 Å². The highest BCUT2D eigenvalue weighted by Gasteiger charge is 2.22. The fourth-order valence-electron chi connectivity index (χ4n) is 7.50. The van der Waals surface area contributed by atoms with Gasteiger partial charge in [0.05, 0.1) is 27.8 Å². The third-order valence-corrected chi connectivity index (χ3v) is 9.72. The Labute approximate surface area is 289 Å². The van der Waals surface area contributed by atoms with E-state index in [9.17, 15) is 0 Å². The molecule has 0 saturated carbocycles. The van der Waals surface area contributed by atoms with E-state index >= 15 is 0 Å². The van der Waals surface area contributed by atoms with Gasteiger partial charge in [-0.3, -0.25) is 4.57 Å². The van der Waals surface area contributed by atoms with E-state index < -0.39 is 0 Å². The molecular weight excluding hydrogens is 609 g/mol. The largest absolute Gasteiger partial charge is 0.309 e. The Morgan fingerprint density at radius 1 is 0.360 bits per heavy atom. The van der Waals surface area contributed by atoms with Crippen LogP contribution in [-0.4, -0.2) is 19.1 Å². The van der Waals surface area contributed by atoms with Crippen molar-refractivity contribution in [2.45, 2.75) is 0 Å². The SMILES string of the molecule is c1ccc(-c2cccc(-c3cc(-n4c5ccccc5c5ccc6c(c7ccccc7n6-c6ccccc6)c54)nc(-c4ccccc4)n3)c2)cc1. The van der Waals surface area contributed by atoms with E-state index in [0.717, 1.165) is 50.4 Å². The summed E-state index contributed by atoms with van der Waals surface area (Å²) < 4.78 is 4.73. The number of fused-ring (bicyclic) bond motifs is 7. The van der Waals surface area contributed by atoms with Gasteiger partial charge in [0, 0.05) is 44.4 Å². The number of nitrogens with zero attached hydrogens (tertiary/aromatic N) is 4. The predicted octanol–water partition coefficient (Wildman–Crippen LogP) is 11.7. The van der Waals surface area contributed by atoms with Crippen molar-refractivity contribution in [3.8, 4) is 45.3 Å². The quantitative estimate of drug-likeness (QED) is 0.188. The van der Waals surface area contributed by atoms with Crippen molar-refractivity contribution in [3.63, 3.8) is 0 Å². The molecule has 0 radical (unpaired) electrons. The molecule has 0 aliphatic carbocycles. The molecule has 0 unspecified atom stereocenters. The Kier molecular flexibility index (Phi) is 6.46. The molecule has 10 rings (SSSR count). The molecule has 50 heavy (non-hydrogen) atoms. The molecule has 3 heterocycles. The predicted molar refractivity (Wildman–Crippen MR) is 207 cm³/mol. The summed E-state index contributed by atoms with van der Waals surface area (Å²) in [6.45, 7) is 0. The summed E-state index contributed by atoms with van der Waals surface area (Å²) in [5, 5.41) is 4.78. The number of aromatic nitrogens is 4. The van der Waals surface area contributed by atoms with E-state index in [4.69, 9.17) is 9.97 Å². The Hall–Kier alpha value is -6.78.